The van der Waals surface area contributed by atoms with Gasteiger partial charge in [-0.25, -0.2) is 0 Å². The number of carbonyl (C=O) groups is 2. The molecule has 0 aromatic heterocycles. The summed E-state index contributed by atoms with van der Waals surface area (Å²) in [7, 11) is 0. The zero-order chi connectivity index (χ0) is 20.6. The second kappa shape index (κ2) is 10.6. The molecule has 1 aromatic rings. The van der Waals surface area contributed by atoms with Crippen LogP contribution in [0.1, 0.15) is 78.2 Å². The summed E-state index contributed by atoms with van der Waals surface area (Å²) >= 11 is 0. The standard InChI is InChI=1S/C24H38N2O2/c1-5-8-16-25(17-9-6-2)22(27)19-21-23(28)26(18-10-7-3)24(21,4)20-14-12-11-13-15-20/h11-15,21H,5-10,16-19H2,1-4H3/t21-,24-/m1/s1. The van der Waals surface area contributed by atoms with Gasteiger partial charge in [0.1, 0.15) is 0 Å². The largest absolute Gasteiger partial charge is 0.343 e. The van der Waals surface area contributed by atoms with Crippen LogP contribution in [-0.2, 0) is 15.1 Å². The SMILES string of the molecule is CCCCN(CCCC)C(=O)C[C@@H]1C(=O)N(CCCC)[C@]1(C)c1ccccc1. The molecular formula is C24H38N2O2. The maximum absolute atomic E-state index is 13.1. The smallest absolute Gasteiger partial charge is 0.229 e. The van der Waals surface area contributed by atoms with Crippen molar-refractivity contribution in [2.75, 3.05) is 19.6 Å². The first-order chi connectivity index (χ1) is 13.5. The predicted molar refractivity (Wildman–Crippen MR) is 115 cm³/mol. The third-order valence-electron chi connectivity index (χ3n) is 6.19. The summed E-state index contributed by atoms with van der Waals surface area (Å²) in [6, 6.07) is 10.2. The van der Waals surface area contributed by atoms with Gasteiger partial charge in [-0.15, -0.1) is 0 Å². The Bertz CT molecular complexity index is 623. The fourth-order valence-electron chi connectivity index (χ4n) is 4.22. The third kappa shape index (κ3) is 4.76. The Morgan fingerprint density at radius 3 is 2.11 bits per heavy atom. The van der Waals surface area contributed by atoms with Crippen molar-refractivity contribution in [3.63, 3.8) is 0 Å². The van der Waals surface area contributed by atoms with E-state index in [0.29, 0.717) is 6.42 Å². The quantitative estimate of drug-likeness (QED) is 0.475. The lowest BCUT2D eigenvalue weighted by atomic mass is 9.68. The number of rotatable bonds is 12. The molecule has 0 saturated carbocycles. The molecule has 0 bridgehead atoms. The minimum absolute atomic E-state index is 0.137. The van der Waals surface area contributed by atoms with Crippen LogP contribution in [0.2, 0.25) is 0 Å². The van der Waals surface area contributed by atoms with Gasteiger partial charge in [-0.3, -0.25) is 9.59 Å². The van der Waals surface area contributed by atoms with Crippen molar-refractivity contribution in [3.05, 3.63) is 35.9 Å². The normalized spacial score (nSPS) is 21.5. The van der Waals surface area contributed by atoms with E-state index >= 15 is 0 Å². The Kier molecular flexibility index (Phi) is 8.53. The first-order valence-electron chi connectivity index (χ1n) is 11.1. The number of nitrogens with zero attached hydrogens (tertiary/aromatic N) is 2. The van der Waals surface area contributed by atoms with Crippen molar-refractivity contribution >= 4 is 11.8 Å². The lowest BCUT2D eigenvalue weighted by molar-refractivity contribution is -0.174. The van der Waals surface area contributed by atoms with E-state index in [2.05, 4.69) is 39.8 Å². The van der Waals surface area contributed by atoms with Crippen molar-refractivity contribution in [2.45, 2.75) is 78.2 Å². The lowest BCUT2D eigenvalue weighted by Gasteiger charge is -2.56. The van der Waals surface area contributed by atoms with Gasteiger partial charge in [-0.1, -0.05) is 70.4 Å². The van der Waals surface area contributed by atoms with E-state index in [9.17, 15) is 9.59 Å². The van der Waals surface area contributed by atoms with Crippen LogP contribution in [0, 0.1) is 5.92 Å². The minimum Gasteiger partial charge on any atom is -0.343 e. The lowest BCUT2D eigenvalue weighted by Crippen LogP contribution is -2.67. The fourth-order valence-corrected chi connectivity index (χ4v) is 4.22. The molecule has 0 N–H and O–H groups in total. The van der Waals surface area contributed by atoms with Gasteiger partial charge in [-0.2, -0.15) is 0 Å². The van der Waals surface area contributed by atoms with Crippen molar-refractivity contribution < 1.29 is 9.59 Å². The molecule has 0 unspecified atom stereocenters. The zero-order valence-electron chi connectivity index (χ0n) is 18.2. The topological polar surface area (TPSA) is 40.6 Å². The molecule has 1 heterocycles. The van der Waals surface area contributed by atoms with Gasteiger partial charge in [0.25, 0.3) is 0 Å². The Labute approximate surface area is 171 Å². The second-order valence-electron chi connectivity index (χ2n) is 8.20. The van der Waals surface area contributed by atoms with Crippen molar-refractivity contribution in [2.24, 2.45) is 5.92 Å². The van der Waals surface area contributed by atoms with Crippen LogP contribution < -0.4 is 0 Å². The first-order valence-corrected chi connectivity index (χ1v) is 11.1. The Morgan fingerprint density at radius 2 is 1.57 bits per heavy atom. The van der Waals surface area contributed by atoms with Crippen LogP contribution in [0.25, 0.3) is 0 Å². The molecule has 4 nitrogen and oxygen atoms in total. The average molecular weight is 387 g/mol. The molecule has 1 aromatic carbocycles. The molecular weight excluding hydrogens is 348 g/mol. The summed E-state index contributed by atoms with van der Waals surface area (Å²) in [5.74, 6) is 0.0154. The summed E-state index contributed by atoms with van der Waals surface area (Å²) < 4.78 is 0. The van der Waals surface area contributed by atoms with Crippen LogP contribution in [0.3, 0.4) is 0 Å². The Balaban J connectivity index is 2.19. The van der Waals surface area contributed by atoms with Gasteiger partial charge in [0, 0.05) is 26.1 Å². The van der Waals surface area contributed by atoms with E-state index in [1.165, 1.54) is 0 Å². The molecule has 0 radical (unpaired) electrons. The number of hydrogen-bond donors (Lipinski definition) is 0. The van der Waals surface area contributed by atoms with E-state index < -0.39 is 0 Å². The van der Waals surface area contributed by atoms with Gasteiger partial charge in [0.05, 0.1) is 11.5 Å². The molecule has 1 aliphatic heterocycles. The molecule has 2 atom stereocenters. The highest BCUT2D eigenvalue weighted by atomic mass is 16.2. The average Bonchev–Trinajstić information content (AvgIpc) is 2.72. The molecule has 1 saturated heterocycles. The summed E-state index contributed by atoms with van der Waals surface area (Å²) in [6.07, 6.45) is 6.56. The minimum atomic E-state index is -0.385. The molecule has 156 valence electrons. The molecule has 28 heavy (non-hydrogen) atoms. The van der Waals surface area contributed by atoms with Crippen LogP contribution in [0.15, 0.2) is 30.3 Å². The highest BCUT2D eigenvalue weighted by molar-refractivity contribution is 5.92. The van der Waals surface area contributed by atoms with Gasteiger partial charge < -0.3 is 9.80 Å². The fraction of sp³-hybridized carbons (Fsp3) is 0.667. The van der Waals surface area contributed by atoms with Crippen LogP contribution in [-0.4, -0.2) is 41.2 Å². The zero-order valence-corrected chi connectivity index (χ0v) is 18.2. The molecule has 2 rings (SSSR count). The third-order valence-corrected chi connectivity index (χ3v) is 6.19. The van der Waals surface area contributed by atoms with Crippen LogP contribution >= 0.6 is 0 Å². The highest BCUT2D eigenvalue weighted by Gasteiger charge is 2.57. The van der Waals surface area contributed by atoms with E-state index in [-0.39, 0.29) is 23.3 Å². The summed E-state index contributed by atoms with van der Waals surface area (Å²) in [5, 5.41) is 0. The van der Waals surface area contributed by atoms with Crippen molar-refractivity contribution in [1.29, 1.82) is 0 Å². The van der Waals surface area contributed by atoms with E-state index in [4.69, 9.17) is 0 Å². The number of β-lactam (4-membered cyclic amide) rings is 1. The maximum atomic E-state index is 13.1. The van der Waals surface area contributed by atoms with Crippen LogP contribution in [0.5, 0.6) is 0 Å². The summed E-state index contributed by atoms with van der Waals surface area (Å²) in [6.45, 7) is 11.0. The first kappa shape index (κ1) is 22.4. The molecule has 1 aliphatic rings. The number of hydrogen-bond acceptors (Lipinski definition) is 2. The van der Waals surface area contributed by atoms with Gasteiger partial charge in [-0.05, 0) is 31.7 Å². The predicted octanol–water partition coefficient (Wildman–Crippen LogP) is 4.98. The monoisotopic (exact) mass is 386 g/mol. The number of unbranched alkanes of at least 4 members (excludes halogenated alkanes) is 3. The van der Waals surface area contributed by atoms with Gasteiger partial charge in [0.2, 0.25) is 11.8 Å². The van der Waals surface area contributed by atoms with Gasteiger partial charge in [0.15, 0.2) is 0 Å². The Hall–Kier alpha value is -1.84. The van der Waals surface area contributed by atoms with Gasteiger partial charge >= 0.3 is 0 Å². The highest BCUT2D eigenvalue weighted by Crippen LogP contribution is 2.48. The number of amides is 2. The Morgan fingerprint density at radius 1 is 1.00 bits per heavy atom. The van der Waals surface area contributed by atoms with Crippen molar-refractivity contribution in [3.8, 4) is 0 Å². The molecule has 1 fully saturated rings. The second-order valence-corrected chi connectivity index (χ2v) is 8.20. The number of benzene rings is 1. The van der Waals surface area contributed by atoms with E-state index in [0.717, 1.165) is 63.7 Å². The maximum Gasteiger partial charge on any atom is 0.229 e. The van der Waals surface area contributed by atoms with E-state index in [1.54, 1.807) is 0 Å². The summed E-state index contributed by atoms with van der Waals surface area (Å²) in [5.41, 5.74) is 0.752. The number of likely N-dealkylation sites (tertiary alicyclic amines) is 1. The number of carbonyl (C=O) groups excluding carboxylic acids is 2. The summed E-state index contributed by atoms with van der Waals surface area (Å²) in [4.78, 5) is 30.1. The van der Waals surface area contributed by atoms with Crippen LogP contribution in [0.4, 0.5) is 0 Å². The molecule has 0 spiro atoms. The molecule has 4 heteroatoms. The molecule has 0 aliphatic carbocycles. The molecule has 2 amide bonds. The van der Waals surface area contributed by atoms with Crippen molar-refractivity contribution in [1.82, 2.24) is 9.80 Å². The van der Waals surface area contributed by atoms with E-state index in [1.807, 2.05) is 28.0 Å².